The standard InChI is InChI=1S/C26H31N3O6S2/c1-6-35-24-13-8-22(9-14-24)28-37(33,34)25-15-10-21(11-16-25)27-26(30)20(4)29(36(5,31)32)23-12-7-18(2)19(3)17-23/h7-17,20,28H,6H2,1-5H3,(H,27,30)/t20-/m0/s1. The number of ether oxygens (including phenoxy) is 1. The molecule has 3 aromatic carbocycles. The van der Waals surface area contributed by atoms with Gasteiger partial charge in [-0.05, 0) is 99.5 Å². The van der Waals surface area contributed by atoms with Crippen molar-refractivity contribution in [3.8, 4) is 5.75 Å². The number of rotatable bonds is 10. The zero-order chi connectivity index (χ0) is 27.4. The van der Waals surface area contributed by atoms with Crippen molar-refractivity contribution in [2.45, 2.75) is 38.6 Å². The van der Waals surface area contributed by atoms with E-state index in [1.54, 1.807) is 42.5 Å². The molecule has 9 nitrogen and oxygen atoms in total. The van der Waals surface area contributed by atoms with E-state index in [-0.39, 0.29) is 4.90 Å². The van der Waals surface area contributed by atoms with Crippen molar-refractivity contribution in [2.24, 2.45) is 0 Å². The number of anilines is 3. The molecule has 0 saturated heterocycles. The number of benzene rings is 3. The maximum Gasteiger partial charge on any atom is 0.261 e. The summed E-state index contributed by atoms with van der Waals surface area (Å²) >= 11 is 0. The Hall–Kier alpha value is -3.57. The van der Waals surface area contributed by atoms with Gasteiger partial charge in [-0.2, -0.15) is 0 Å². The summed E-state index contributed by atoms with van der Waals surface area (Å²) in [6.45, 7) is 7.63. The minimum absolute atomic E-state index is 0.000301. The average Bonchev–Trinajstić information content (AvgIpc) is 2.82. The van der Waals surface area contributed by atoms with E-state index in [1.165, 1.54) is 31.2 Å². The summed E-state index contributed by atoms with van der Waals surface area (Å²) in [5.41, 5.74) is 2.98. The van der Waals surface area contributed by atoms with Crippen molar-refractivity contribution in [2.75, 3.05) is 27.2 Å². The van der Waals surface area contributed by atoms with Gasteiger partial charge >= 0.3 is 0 Å². The van der Waals surface area contributed by atoms with Crippen LogP contribution < -0.4 is 19.1 Å². The van der Waals surface area contributed by atoms with Crippen molar-refractivity contribution in [1.29, 1.82) is 0 Å². The molecule has 37 heavy (non-hydrogen) atoms. The Morgan fingerprint density at radius 1 is 0.892 bits per heavy atom. The van der Waals surface area contributed by atoms with Crippen molar-refractivity contribution in [1.82, 2.24) is 0 Å². The molecule has 1 amide bonds. The second-order valence-corrected chi connectivity index (χ2v) is 12.1. The average molecular weight is 546 g/mol. The molecule has 198 valence electrons. The first-order valence-corrected chi connectivity index (χ1v) is 14.9. The SMILES string of the molecule is CCOc1ccc(NS(=O)(=O)c2ccc(NC(=O)[C@H](C)N(c3ccc(C)c(C)c3)S(C)(=O)=O)cc2)cc1. The van der Waals surface area contributed by atoms with Crippen LogP contribution in [0.5, 0.6) is 5.75 Å². The minimum atomic E-state index is -3.87. The van der Waals surface area contributed by atoms with Gasteiger partial charge in [-0.15, -0.1) is 0 Å². The highest BCUT2D eigenvalue weighted by Gasteiger charge is 2.29. The summed E-state index contributed by atoms with van der Waals surface area (Å²) in [4.78, 5) is 13.0. The molecule has 0 unspecified atom stereocenters. The first-order chi connectivity index (χ1) is 17.3. The molecule has 0 aliphatic carbocycles. The molecule has 0 bridgehead atoms. The second kappa shape index (κ2) is 11.2. The highest BCUT2D eigenvalue weighted by molar-refractivity contribution is 7.92. The van der Waals surface area contributed by atoms with Gasteiger partial charge in [-0.1, -0.05) is 6.07 Å². The molecule has 0 aliphatic rings. The van der Waals surface area contributed by atoms with Gasteiger partial charge in [-0.3, -0.25) is 13.8 Å². The Morgan fingerprint density at radius 2 is 1.49 bits per heavy atom. The number of carbonyl (C=O) groups excluding carboxylic acids is 1. The third-order valence-electron chi connectivity index (χ3n) is 5.68. The van der Waals surface area contributed by atoms with Crippen LogP contribution in [-0.2, 0) is 24.8 Å². The van der Waals surface area contributed by atoms with E-state index in [0.29, 0.717) is 29.4 Å². The van der Waals surface area contributed by atoms with Crippen LogP contribution in [-0.4, -0.2) is 41.6 Å². The smallest absolute Gasteiger partial charge is 0.261 e. The topological polar surface area (TPSA) is 122 Å². The number of nitrogens with one attached hydrogen (secondary N) is 2. The number of aryl methyl sites for hydroxylation is 2. The predicted octanol–water partition coefficient (Wildman–Crippen LogP) is 4.30. The van der Waals surface area contributed by atoms with E-state index in [9.17, 15) is 21.6 Å². The van der Waals surface area contributed by atoms with E-state index in [1.807, 2.05) is 20.8 Å². The lowest BCUT2D eigenvalue weighted by Gasteiger charge is -2.28. The van der Waals surface area contributed by atoms with E-state index < -0.39 is 32.0 Å². The summed E-state index contributed by atoms with van der Waals surface area (Å²) < 4.78 is 59.5. The number of carbonyl (C=O) groups is 1. The number of hydrogen-bond donors (Lipinski definition) is 2. The fourth-order valence-corrected chi connectivity index (χ4v) is 5.86. The first-order valence-electron chi connectivity index (χ1n) is 11.5. The van der Waals surface area contributed by atoms with Crippen LogP contribution in [0.25, 0.3) is 0 Å². The molecule has 0 heterocycles. The molecule has 1 atom stereocenters. The number of hydrogen-bond acceptors (Lipinski definition) is 6. The third kappa shape index (κ3) is 7.01. The van der Waals surface area contributed by atoms with Gasteiger partial charge in [0.2, 0.25) is 15.9 Å². The quantitative estimate of drug-likeness (QED) is 0.392. The Labute approximate surface area is 218 Å². The van der Waals surface area contributed by atoms with Crippen LogP contribution in [0.2, 0.25) is 0 Å². The van der Waals surface area contributed by atoms with Crippen LogP contribution in [0.15, 0.2) is 71.6 Å². The molecule has 0 aliphatic heterocycles. The van der Waals surface area contributed by atoms with Gasteiger partial charge in [0.1, 0.15) is 11.8 Å². The lowest BCUT2D eigenvalue weighted by Crippen LogP contribution is -2.45. The van der Waals surface area contributed by atoms with Crippen molar-refractivity contribution < 1.29 is 26.4 Å². The normalized spacial score (nSPS) is 12.5. The lowest BCUT2D eigenvalue weighted by molar-refractivity contribution is -0.116. The number of sulfonamides is 2. The largest absolute Gasteiger partial charge is 0.494 e. The molecule has 11 heteroatoms. The van der Waals surface area contributed by atoms with E-state index in [2.05, 4.69) is 10.0 Å². The van der Waals surface area contributed by atoms with Crippen LogP contribution in [0.4, 0.5) is 17.1 Å². The molecule has 3 rings (SSSR count). The lowest BCUT2D eigenvalue weighted by atomic mass is 10.1. The number of amides is 1. The van der Waals surface area contributed by atoms with Crippen LogP contribution in [0, 0.1) is 13.8 Å². The summed E-state index contributed by atoms with van der Waals surface area (Å²) in [6, 6.07) is 16.2. The third-order valence-corrected chi connectivity index (χ3v) is 8.32. The van der Waals surface area contributed by atoms with Gasteiger partial charge in [-0.25, -0.2) is 16.8 Å². The van der Waals surface area contributed by atoms with Crippen molar-refractivity contribution in [3.05, 3.63) is 77.9 Å². The summed E-state index contributed by atoms with van der Waals surface area (Å²) in [6.07, 6.45) is 1.04. The summed E-state index contributed by atoms with van der Waals surface area (Å²) in [5.74, 6) is 0.0681. The Morgan fingerprint density at radius 3 is 2.03 bits per heavy atom. The van der Waals surface area contributed by atoms with E-state index in [4.69, 9.17) is 4.74 Å². The summed E-state index contributed by atoms with van der Waals surface area (Å²) in [5, 5.41) is 2.66. The zero-order valence-electron chi connectivity index (χ0n) is 21.3. The Kier molecular flexibility index (Phi) is 8.49. The first kappa shape index (κ1) is 28.0. The van der Waals surface area contributed by atoms with Gasteiger partial charge in [0.05, 0.1) is 23.4 Å². The highest BCUT2D eigenvalue weighted by atomic mass is 32.2. The minimum Gasteiger partial charge on any atom is -0.494 e. The molecular formula is C26H31N3O6S2. The maximum absolute atomic E-state index is 13.0. The van der Waals surface area contributed by atoms with Crippen molar-refractivity contribution in [3.63, 3.8) is 0 Å². The second-order valence-electron chi connectivity index (χ2n) is 8.58. The van der Waals surface area contributed by atoms with Gasteiger partial charge < -0.3 is 10.1 Å². The van der Waals surface area contributed by atoms with Crippen molar-refractivity contribution >= 4 is 43.0 Å². The number of nitrogens with zero attached hydrogens (tertiary/aromatic N) is 1. The van der Waals surface area contributed by atoms with Crippen LogP contribution in [0.3, 0.4) is 0 Å². The molecule has 2 N–H and O–H groups in total. The van der Waals surface area contributed by atoms with E-state index in [0.717, 1.165) is 21.7 Å². The molecule has 0 aromatic heterocycles. The predicted molar refractivity (Wildman–Crippen MR) is 146 cm³/mol. The molecule has 0 radical (unpaired) electrons. The molecule has 0 saturated carbocycles. The molecule has 0 spiro atoms. The summed E-state index contributed by atoms with van der Waals surface area (Å²) in [7, 11) is -7.64. The molecular weight excluding hydrogens is 514 g/mol. The van der Waals surface area contributed by atoms with Gasteiger partial charge in [0, 0.05) is 11.4 Å². The van der Waals surface area contributed by atoms with Gasteiger partial charge in [0.25, 0.3) is 10.0 Å². The van der Waals surface area contributed by atoms with Crippen LogP contribution >= 0.6 is 0 Å². The molecule has 0 fully saturated rings. The van der Waals surface area contributed by atoms with Gasteiger partial charge in [0.15, 0.2) is 0 Å². The Bertz CT molecular complexity index is 1470. The molecule has 3 aromatic rings. The zero-order valence-corrected chi connectivity index (χ0v) is 23.0. The fourth-order valence-electron chi connectivity index (χ4n) is 3.64. The Balaban J connectivity index is 1.74. The fraction of sp³-hybridized carbons (Fsp3) is 0.269. The monoisotopic (exact) mass is 545 g/mol. The van der Waals surface area contributed by atoms with Crippen LogP contribution in [0.1, 0.15) is 25.0 Å². The highest BCUT2D eigenvalue weighted by Crippen LogP contribution is 2.25. The van der Waals surface area contributed by atoms with E-state index >= 15 is 0 Å². The maximum atomic E-state index is 13.0.